The van der Waals surface area contributed by atoms with Crippen LogP contribution in [0.1, 0.15) is 0 Å². The molecule has 0 aliphatic carbocycles. The first-order valence-corrected chi connectivity index (χ1v) is 2.71. The lowest BCUT2D eigenvalue weighted by atomic mass is 10.7. The zero-order chi connectivity index (χ0) is 7.56. The highest BCUT2D eigenvalue weighted by molar-refractivity contribution is 6.29. The Balaban J connectivity index is 3.07. The van der Waals surface area contributed by atoms with Crippen LogP contribution in [0.3, 0.4) is 0 Å². The summed E-state index contributed by atoms with van der Waals surface area (Å²) in [6.45, 7) is 0. The van der Waals surface area contributed by atoms with Gasteiger partial charge in [-0.05, 0) is 16.5 Å². The number of nitro groups is 1. The predicted octanol–water partition coefficient (Wildman–Crippen LogP) is 1.04. The minimum atomic E-state index is -0.702. The molecule has 0 aromatic carbocycles. The quantitative estimate of drug-likeness (QED) is 0.349. The fourth-order valence-electron chi connectivity index (χ4n) is 0.415. The van der Waals surface area contributed by atoms with Gasteiger partial charge in [-0.2, -0.15) is 0 Å². The van der Waals surface area contributed by atoms with E-state index in [1.165, 1.54) is 12.3 Å². The van der Waals surface area contributed by atoms with E-state index in [9.17, 15) is 10.1 Å². The second kappa shape index (κ2) is 2.57. The average Bonchev–Trinajstić information content (AvgIpc) is 1.88. The van der Waals surface area contributed by atoms with Gasteiger partial charge in [-0.1, -0.05) is 9.97 Å². The molecule has 0 atom stereocenters. The van der Waals surface area contributed by atoms with Gasteiger partial charge in [-0.3, -0.25) is 0 Å². The van der Waals surface area contributed by atoms with Gasteiger partial charge in [0.2, 0.25) is 5.15 Å². The summed E-state index contributed by atoms with van der Waals surface area (Å²) >= 11 is 5.33. The molecular weight excluding hydrogens is 158 g/mol. The van der Waals surface area contributed by atoms with E-state index in [1.54, 1.807) is 0 Å². The first-order valence-electron chi connectivity index (χ1n) is 2.33. The van der Waals surface area contributed by atoms with Gasteiger partial charge in [0.1, 0.15) is 6.20 Å². The molecule has 52 valence electrons. The van der Waals surface area contributed by atoms with E-state index in [4.69, 9.17) is 11.6 Å². The predicted molar refractivity (Wildman–Crippen MR) is 33.7 cm³/mol. The summed E-state index contributed by atoms with van der Waals surface area (Å²) in [5.74, 6) is -0.479. The first-order chi connectivity index (χ1) is 4.70. The van der Waals surface area contributed by atoms with Crippen LogP contribution in [-0.2, 0) is 0 Å². The third-order valence-electron chi connectivity index (χ3n) is 0.772. The molecule has 0 N–H and O–H groups in total. The van der Waals surface area contributed by atoms with E-state index in [0.29, 0.717) is 0 Å². The van der Waals surface area contributed by atoms with Crippen LogP contribution >= 0.6 is 11.6 Å². The van der Waals surface area contributed by atoms with Gasteiger partial charge in [0.05, 0.1) is 0 Å². The van der Waals surface area contributed by atoms with Crippen LogP contribution in [-0.4, -0.2) is 14.9 Å². The van der Waals surface area contributed by atoms with Crippen LogP contribution < -0.4 is 0 Å². The van der Waals surface area contributed by atoms with Crippen molar-refractivity contribution in [1.82, 2.24) is 9.97 Å². The molecule has 0 radical (unpaired) electrons. The van der Waals surface area contributed by atoms with Crippen LogP contribution in [0, 0.1) is 10.1 Å². The Bertz CT molecular complexity index is 264. The first kappa shape index (κ1) is 6.88. The van der Waals surface area contributed by atoms with Crippen molar-refractivity contribution in [2.24, 2.45) is 0 Å². The average molecular weight is 160 g/mol. The molecule has 6 heteroatoms. The smallest absolute Gasteiger partial charge is 0.390 e. The number of aromatic nitrogens is 2. The summed E-state index contributed by atoms with van der Waals surface area (Å²) in [6, 6.07) is 1.37. The van der Waals surface area contributed by atoms with Crippen molar-refractivity contribution in [2.75, 3.05) is 0 Å². The molecule has 0 fully saturated rings. The number of hydrogen-bond donors (Lipinski definition) is 0. The summed E-state index contributed by atoms with van der Waals surface area (Å²) < 4.78 is 0. The van der Waals surface area contributed by atoms with Crippen molar-refractivity contribution in [2.45, 2.75) is 0 Å². The Morgan fingerprint density at radius 3 is 2.80 bits per heavy atom. The van der Waals surface area contributed by atoms with E-state index >= 15 is 0 Å². The van der Waals surface area contributed by atoms with Crippen LogP contribution in [0.2, 0.25) is 5.15 Å². The molecule has 1 aromatic rings. The molecule has 10 heavy (non-hydrogen) atoms. The van der Waals surface area contributed by atoms with E-state index in [0.717, 1.165) is 0 Å². The Morgan fingerprint density at radius 2 is 2.40 bits per heavy atom. The number of nitrogens with zero attached hydrogens (tertiary/aromatic N) is 3. The molecule has 0 unspecified atom stereocenters. The van der Waals surface area contributed by atoms with Crippen molar-refractivity contribution in [1.29, 1.82) is 0 Å². The fraction of sp³-hybridized carbons (Fsp3) is 0. The van der Waals surface area contributed by atoms with Crippen molar-refractivity contribution < 1.29 is 4.92 Å². The zero-order valence-corrected chi connectivity index (χ0v) is 5.45. The normalized spacial score (nSPS) is 9.30. The molecule has 0 amide bonds. The summed E-state index contributed by atoms with van der Waals surface area (Å²) in [6.07, 6.45) is 1.23. The van der Waals surface area contributed by atoms with Crippen molar-refractivity contribution in [3.05, 3.63) is 27.5 Å². The van der Waals surface area contributed by atoms with Gasteiger partial charge in [0.15, 0.2) is 0 Å². The van der Waals surface area contributed by atoms with Crippen molar-refractivity contribution >= 4 is 17.5 Å². The summed E-state index contributed by atoms with van der Waals surface area (Å²) in [5, 5.41) is 10.0. The molecule has 0 saturated carbocycles. The molecule has 5 nitrogen and oxygen atoms in total. The SMILES string of the molecule is O=[N+]([O-])c1nccc(Cl)n1. The van der Waals surface area contributed by atoms with Crippen LogP contribution in [0.5, 0.6) is 0 Å². The van der Waals surface area contributed by atoms with Crippen molar-refractivity contribution in [3.8, 4) is 0 Å². The van der Waals surface area contributed by atoms with Crippen LogP contribution in [0.15, 0.2) is 12.3 Å². The highest BCUT2D eigenvalue weighted by Crippen LogP contribution is 2.06. The second-order valence-corrected chi connectivity index (χ2v) is 1.82. The monoisotopic (exact) mass is 159 g/mol. The number of halogens is 1. The van der Waals surface area contributed by atoms with Crippen LogP contribution in [0.4, 0.5) is 5.95 Å². The highest BCUT2D eigenvalue weighted by Gasteiger charge is 2.07. The second-order valence-electron chi connectivity index (χ2n) is 1.44. The minimum Gasteiger partial charge on any atom is -0.390 e. The third kappa shape index (κ3) is 1.38. The fourth-order valence-corrected chi connectivity index (χ4v) is 0.547. The largest absolute Gasteiger partial charge is 0.470 e. The van der Waals surface area contributed by atoms with Gasteiger partial charge in [0, 0.05) is 6.07 Å². The molecular formula is C4H2ClN3O2. The van der Waals surface area contributed by atoms with E-state index in [-0.39, 0.29) is 5.15 Å². The van der Waals surface area contributed by atoms with Crippen LogP contribution in [0.25, 0.3) is 0 Å². The van der Waals surface area contributed by atoms with Gasteiger partial charge in [-0.25, -0.2) is 0 Å². The maximum Gasteiger partial charge on any atom is 0.470 e. The van der Waals surface area contributed by atoms with Crippen molar-refractivity contribution in [3.63, 3.8) is 0 Å². The van der Waals surface area contributed by atoms with E-state index in [1.807, 2.05) is 0 Å². The lowest BCUT2D eigenvalue weighted by Crippen LogP contribution is -1.94. The molecule has 0 bridgehead atoms. The maximum atomic E-state index is 9.98. The molecule has 1 rings (SSSR count). The molecule has 0 spiro atoms. The molecule has 0 aliphatic rings. The third-order valence-corrected chi connectivity index (χ3v) is 0.983. The standard InChI is InChI=1S/C4H2ClN3O2/c5-3-1-2-6-4(7-3)8(9)10/h1-2H. The number of rotatable bonds is 1. The Morgan fingerprint density at radius 1 is 1.70 bits per heavy atom. The highest BCUT2D eigenvalue weighted by atomic mass is 35.5. The van der Waals surface area contributed by atoms with E-state index in [2.05, 4.69) is 9.97 Å². The summed E-state index contributed by atoms with van der Waals surface area (Å²) in [4.78, 5) is 15.9. The topological polar surface area (TPSA) is 68.9 Å². The maximum absolute atomic E-state index is 9.98. The van der Waals surface area contributed by atoms with Gasteiger partial charge >= 0.3 is 5.95 Å². The lowest BCUT2D eigenvalue weighted by molar-refractivity contribution is -0.394. The Hall–Kier alpha value is -1.23. The van der Waals surface area contributed by atoms with Gasteiger partial charge in [0.25, 0.3) is 0 Å². The van der Waals surface area contributed by atoms with Gasteiger partial charge in [-0.15, -0.1) is 0 Å². The summed E-state index contributed by atoms with van der Waals surface area (Å²) in [5.41, 5.74) is 0. The Labute approximate surface area is 60.8 Å². The zero-order valence-electron chi connectivity index (χ0n) is 4.69. The summed E-state index contributed by atoms with van der Waals surface area (Å²) in [7, 11) is 0. The molecule has 0 saturated heterocycles. The molecule has 1 aromatic heterocycles. The number of hydrogen-bond acceptors (Lipinski definition) is 4. The van der Waals surface area contributed by atoms with Gasteiger partial charge < -0.3 is 10.1 Å². The lowest BCUT2D eigenvalue weighted by Gasteiger charge is -1.88. The minimum absolute atomic E-state index is 0.0710. The Kier molecular flexibility index (Phi) is 1.77. The molecule has 1 heterocycles. The molecule has 0 aliphatic heterocycles. The van der Waals surface area contributed by atoms with E-state index < -0.39 is 10.9 Å².